The van der Waals surface area contributed by atoms with Crippen LogP contribution in [0.15, 0.2) is 67.1 Å². The van der Waals surface area contributed by atoms with Crippen molar-refractivity contribution in [2.45, 2.75) is 197 Å². The maximum absolute atomic E-state index is 12.3. The quantitative estimate of drug-likeness (QED) is 0.0186. The zero-order valence-corrected chi connectivity index (χ0v) is 64.9. The lowest BCUT2D eigenvalue weighted by Gasteiger charge is -2.29. The molecule has 5 aliphatic carbocycles. The molecule has 5 fully saturated rings. The van der Waals surface area contributed by atoms with Gasteiger partial charge in [0.15, 0.2) is 5.54 Å². The molecular weight excluding hydrogens is 1400 g/mol. The molecule has 0 heterocycles. The molecule has 9 N–H and O–H groups in total. The number of hydrogen-bond acceptors (Lipinski definition) is 20. The number of carboxylic acid groups (broad SMARTS) is 1. The molecule has 53 heteroatoms. The topological polar surface area (TPSA) is 410 Å². The van der Waals surface area contributed by atoms with Crippen LogP contribution >= 0.6 is 0 Å². The van der Waals surface area contributed by atoms with E-state index in [0.717, 1.165) is 24.8 Å². The lowest BCUT2D eigenvalue weighted by Crippen LogP contribution is -2.69. The van der Waals surface area contributed by atoms with E-state index in [1.54, 1.807) is 108 Å². The number of primary sulfonamides is 1. The first-order chi connectivity index (χ1) is 47.4. The van der Waals surface area contributed by atoms with Crippen molar-refractivity contribution in [3.05, 3.63) is 67.8 Å². The Balaban J connectivity index is -0.000000568. The van der Waals surface area contributed by atoms with Gasteiger partial charge in [-0.1, -0.05) is 43.4 Å². The Hall–Kier alpha value is -4.58. The number of methoxy groups -OCH3 is 1. The summed E-state index contributed by atoms with van der Waals surface area (Å²) in [5.74, 6) is -2.32. The molecule has 30 radical (unpaired) electrons. The minimum absolute atomic E-state index is 0. The van der Waals surface area contributed by atoms with E-state index in [9.17, 15) is 63.4 Å². The standard InChI is InChI=1S/C14H22N2O5S.C11H17NO4.C10H18O5.C7H11NO2.C7H8O3S.C3H7NO2S.CH4.B12.B8.B4/c1-5-9-8-14(9,15-12(18)21-13(2,3)4)11(17)16-22(19,20)10-6-7-10;1-5-7-6-11(7,8(13)14)12-9(15)16-10(2,3)4;1-9(2,3)14-7(11)13-8(12)15-10(4,5)6;1-3-5-4-7(5,8)6(9)10-2;1-6-2-4-7(5-3-6)11(8,9)10;4-7(5,6)3-1-2-3;;1-8(2)11(7)12(9(3)4)10(5)6;1-4-7-8(5-2)6-3;1-4(2)3/h5,9-10H,1,6-8H2,2-4H3,(H,15,18)(H,16,17);5,7H,1,6H2,2-4H3,(H,12,15)(H,13,14);1-6H3;3,5H,1,4,8H2,2H3;2-5H,1H3,(H,8,9,10);3H,1-2H2,(H2,4,5,6);1H4;;;/t9?,14-;7?,11-;;5?,7-;;;;;;/m11.1....../s1. The molecule has 5 aliphatic rings. The Morgan fingerprint density at radius 2 is 0.981 bits per heavy atom. The highest BCUT2D eigenvalue weighted by atomic mass is 32.2. The van der Waals surface area contributed by atoms with Gasteiger partial charge in [0.25, 0.3) is 5.91 Å². The van der Waals surface area contributed by atoms with Gasteiger partial charge in [0.05, 0.1) is 22.5 Å². The lowest BCUT2D eigenvalue weighted by atomic mass is 8.53. The third kappa shape index (κ3) is 46.2. The zero-order valence-electron chi connectivity index (χ0n) is 62.5. The van der Waals surface area contributed by atoms with Gasteiger partial charge in [0.2, 0.25) is 20.0 Å². The fraction of sp³-hybridized carbons (Fsp3) is 0.642. The van der Waals surface area contributed by atoms with Crippen LogP contribution in [0, 0.1) is 24.7 Å². The van der Waals surface area contributed by atoms with Crippen molar-refractivity contribution in [2.24, 2.45) is 22.9 Å². The summed E-state index contributed by atoms with van der Waals surface area (Å²) in [7, 11) is 63.5. The van der Waals surface area contributed by atoms with Gasteiger partial charge in [-0.05, 0) is 141 Å². The highest BCUT2D eigenvalue weighted by molar-refractivity contribution is 8.05. The first-order valence-electron chi connectivity index (χ1n) is 32.3. The number of carboxylic acids is 1. The number of aliphatic carboxylic acids is 1. The molecule has 1 aromatic carbocycles. The summed E-state index contributed by atoms with van der Waals surface area (Å²) in [5, 5.41) is 17.9. The summed E-state index contributed by atoms with van der Waals surface area (Å²) in [5.41, 5.74) is -1.06. The molecule has 0 saturated heterocycles. The molecule has 6 rings (SSSR count). The average molecular weight is 1490 g/mol. The normalized spacial score (nSPS) is 19.5. The molecule has 3 amide bonds. The Bertz CT molecular complexity index is 3300. The van der Waals surface area contributed by atoms with Crippen molar-refractivity contribution in [1.29, 1.82) is 0 Å². The maximum atomic E-state index is 12.3. The molecule has 6 atom stereocenters. The van der Waals surface area contributed by atoms with E-state index < -0.39 is 149 Å². The molecular formula is C53H87B24N5O21S3. The summed E-state index contributed by atoms with van der Waals surface area (Å²) in [6.45, 7) is 32.8. The van der Waals surface area contributed by atoms with E-state index >= 15 is 0 Å². The second-order valence-electron chi connectivity index (χ2n) is 28.4. The summed E-state index contributed by atoms with van der Waals surface area (Å²) < 4.78 is 106. The summed E-state index contributed by atoms with van der Waals surface area (Å²) in [4.78, 5) is 79.5. The monoisotopic (exact) mass is 1490 g/mol. The predicted molar refractivity (Wildman–Crippen MR) is 438 cm³/mol. The van der Waals surface area contributed by atoms with E-state index in [4.69, 9.17) is 107 Å². The fourth-order valence-corrected chi connectivity index (χ4v) is 10.5. The number of nitrogens with two attached hydrogens (primary N) is 1. The molecule has 106 heavy (non-hydrogen) atoms. The summed E-state index contributed by atoms with van der Waals surface area (Å²) in [6, 6.07) is 5.78. The van der Waals surface area contributed by atoms with E-state index in [0.29, 0.717) is 25.7 Å². The molecule has 5 saturated carbocycles. The van der Waals surface area contributed by atoms with Gasteiger partial charge in [0.1, 0.15) is 43.6 Å². The number of nitrogens with one attached hydrogen (secondary N) is 3. The third-order valence-corrected chi connectivity index (χ3v) is 17.9. The van der Waals surface area contributed by atoms with Crippen molar-refractivity contribution >= 4 is 246 Å². The van der Waals surface area contributed by atoms with Gasteiger partial charge in [0, 0.05) is 198 Å². The fourth-order valence-electron chi connectivity index (χ4n) is 7.84. The Kier molecular flexibility index (Phi) is 47.7. The molecule has 1 aromatic rings. The van der Waals surface area contributed by atoms with E-state index in [2.05, 4.69) is 73.5 Å². The van der Waals surface area contributed by atoms with Crippen molar-refractivity contribution in [1.82, 2.24) is 15.4 Å². The smallest absolute Gasteiger partial charge is 0.519 e. The van der Waals surface area contributed by atoms with Crippen molar-refractivity contribution in [2.75, 3.05) is 7.11 Å². The van der Waals surface area contributed by atoms with Gasteiger partial charge >= 0.3 is 36.4 Å². The van der Waals surface area contributed by atoms with Crippen LogP contribution in [0.3, 0.4) is 0 Å². The van der Waals surface area contributed by atoms with Gasteiger partial charge in [-0.15, -0.1) is 19.7 Å². The number of aryl methyl sites for hydroxylation is 1. The number of benzene rings is 1. The molecule has 0 aromatic heterocycles. The van der Waals surface area contributed by atoms with Crippen LogP contribution in [-0.4, -0.2) is 307 Å². The first kappa shape index (κ1) is 108. The Morgan fingerprint density at radius 1 is 0.623 bits per heavy atom. The minimum atomic E-state index is -4.27. The van der Waals surface area contributed by atoms with Crippen LogP contribution in [0.2, 0.25) is 0 Å². The van der Waals surface area contributed by atoms with Crippen molar-refractivity contribution < 1.29 is 103 Å². The number of esters is 1. The van der Waals surface area contributed by atoms with Crippen LogP contribution in [0.4, 0.5) is 19.2 Å². The Morgan fingerprint density at radius 3 is 1.21 bits per heavy atom. The second kappa shape index (κ2) is 46.9. The largest absolute Gasteiger partial charge is 0.744 e. The maximum Gasteiger partial charge on any atom is 0.519 e. The molecule has 0 aliphatic heterocycles. The number of alkyl carbamates (subject to hydrolysis) is 2. The SMILES string of the molecule is C.C=CC1C[C@]1(NC(=O)OC(C)(C)C)C(=O)NS(=O)(=O)C1CC1.C=CC1C[C@]1(NC(=O)OC(C)(C)C)C(=O)O.C=CC1C[C@]1([NH3+])C(=O)OC.CC(C)(C)OC(=O)OC(=O)OC(C)(C)C.Cc1ccc(S(=O)(=O)[O-])cc1.NS(=O)(=O)C1CC1.[B]B([B])B([B])B(B([B])[B])B([B])[B].[B]B([B])[B].[B][B][B]B([B][B])[B][B]. The predicted octanol–water partition coefficient (Wildman–Crippen LogP) is -3.34. The van der Waals surface area contributed by atoms with E-state index in [1.165, 1.54) is 52.6 Å². The van der Waals surface area contributed by atoms with Crippen LogP contribution in [-0.2, 0) is 73.0 Å². The highest BCUT2D eigenvalue weighted by Crippen LogP contribution is 2.46. The number of ether oxygens (including phenoxy) is 6. The molecule has 0 spiro atoms. The van der Waals surface area contributed by atoms with Crippen LogP contribution in [0.1, 0.15) is 141 Å². The van der Waals surface area contributed by atoms with Crippen molar-refractivity contribution in [3.8, 4) is 0 Å². The molecule has 3 unspecified atom stereocenters. The number of quaternary nitrogens is 1. The first-order valence-corrected chi connectivity index (χ1v) is 36.8. The Labute approximate surface area is 654 Å². The third-order valence-electron chi connectivity index (χ3n) is 13.8. The molecule has 0 bridgehead atoms. The van der Waals surface area contributed by atoms with Crippen LogP contribution in [0.5, 0.6) is 0 Å². The molecule has 540 valence electrons. The average Bonchev–Trinajstić information content (AvgIpc) is 1.58. The van der Waals surface area contributed by atoms with Crippen LogP contribution in [0.25, 0.3) is 0 Å². The van der Waals surface area contributed by atoms with Gasteiger partial charge in [-0.25, -0.2) is 59.2 Å². The zero-order chi connectivity index (χ0) is 83.2. The lowest BCUT2D eigenvalue weighted by molar-refractivity contribution is -0.428. The van der Waals surface area contributed by atoms with Crippen LogP contribution < -0.4 is 26.2 Å². The van der Waals surface area contributed by atoms with E-state index in [1.807, 2.05) is 6.92 Å². The van der Waals surface area contributed by atoms with E-state index in [-0.39, 0.29) is 47.7 Å². The minimum Gasteiger partial charge on any atom is -0.744 e. The molecule has 26 nitrogen and oxygen atoms in total. The van der Waals surface area contributed by atoms with Gasteiger partial charge in [-0.2, -0.15) is 0 Å². The number of sulfonamides is 2. The summed E-state index contributed by atoms with van der Waals surface area (Å²) >= 11 is 0. The van der Waals surface area contributed by atoms with Gasteiger partial charge < -0.3 is 54.4 Å². The number of rotatable bonds is 20. The number of carbonyl (C=O) groups excluding carboxylic acids is 6. The summed E-state index contributed by atoms with van der Waals surface area (Å²) in [6.07, 6.45) is 1.44. The number of hydrogen-bond donors (Lipinski definition) is 6. The second-order valence-corrected chi connectivity index (χ2v) is 33.5. The number of carbonyl (C=O) groups is 7. The number of amides is 3. The van der Waals surface area contributed by atoms with Gasteiger partial charge in [-0.3, -0.25) is 9.52 Å². The highest BCUT2D eigenvalue weighted by Gasteiger charge is 2.63. The van der Waals surface area contributed by atoms with Crippen molar-refractivity contribution in [3.63, 3.8) is 0 Å².